The van der Waals surface area contributed by atoms with Gasteiger partial charge in [-0.25, -0.2) is 4.99 Å². The van der Waals surface area contributed by atoms with Crippen molar-refractivity contribution in [3.8, 4) is 39.9 Å². The number of benzene rings is 3. The zero-order chi connectivity index (χ0) is 26.8. The fourth-order valence-corrected chi connectivity index (χ4v) is 4.92. The molecular weight excluding hydrogens is 490 g/mol. The first-order chi connectivity index (χ1) is 18.5. The lowest BCUT2D eigenvalue weighted by molar-refractivity contribution is 0.120. The molecule has 0 fully saturated rings. The van der Waals surface area contributed by atoms with E-state index in [1.807, 2.05) is 42.5 Å². The first kappa shape index (κ1) is 25.7. The summed E-state index contributed by atoms with van der Waals surface area (Å²) in [6.45, 7) is 2.16. The van der Waals surface area contributed by atoms with Crippen LogP contribution in [0, 0.1) is 0 Å². The molecule has 1 unspecified atom stereocenters. The van der Waals surface area contributed by atoms with Crippen molar-refractivity contribution >= 4 is 5.90 Å². The molecule has 2 aliphatic heterocycles. The number of aliphatic hydroxyl groups excluding tert-OH is 1. The molecule has 0 amide bonds. The molecule has 0 radical (unpaired) electrons. The van der Waals surface area contributed by atoms with E-state index in [0.29, 0.717) is 63.5 Å². The Labute approximate surface area is 221 Å². The average Bonchev–Trinajstić information content (AvgIpc) is 3.58. The summed E-state index contributed by atoms with van der Waals surface area (Å²) in [4.78, 5) is 4.94. The van der Waals surface area contributed by atoms with E-state index in [9.17, 15) is 5.11 Å². The molecular formula is C29H31NO8. The van der Waals surface area contributed by atoms with Gasteiger partial charge in [-0.2, -0.15) is 0 Å². The maximum Gasteiger partial charge on any atom is 0.231 e. The first-order valence-electron chi connectivity index (χ1n) is 12.2. The van der Waals surface area contributed by atoms with Gasteiger partial charge in [0.1, 0.15) is 6.04 Å². The van der Waals surface area contributed by atoms with E-state index in [0.717, 1.165) is 5.56 Å². The number of nitrogens with zero attached hydrogens (tertiary/aromatic N) is 1. The van der Waals surface area contributed by atoms with Crippen LogP contribution in [0.1, 0.15) is 35.8 Å². The fraction of sp³-hybridized carbons (Fsp3) is 0.345. The second kappa shape index (κ2) is 10.8. The highest BCUT2D eigenvalue weighted by Gasteiger charge is 2.37. The molecule has 2 heterocycles. The van der Waals surface area contributed by atoms with E-state index < -0.39 is 6.10 Å². The molecule has 5 rings (SSSR count). The van der Waals surface area contributed by atoms with Crippen LogP contribution < -0.4 is 23.7 Å². The molecule has 9 nitrogen and oxygen atoms in total. The summed E-state index contributed by atoms with van der Waals surface area (Å²) in [6.07, 6.45) is -1.18. The van der Waals surface area contributed by atoms with Gasteiger partial charge < -0.3 is 38.3 Å². The Hall–Kier alpha value is -3.95. The number of rotatable bonds is 9. The second-order valence-corrected chi connectivity index (χ2v) is 8.94. The normalized spacial score (nSPS) is 18.5. The summed E-state index contributed by atoms with van der Waals surface area (Å²) in [5.74, 6) is 2.75. The van der Waals surface area contributed by atoms with Crippen molar-refractivity contribution in [3.05, 3.63) is 65.2 Å². The Balaban J connectivity index is 1.76. The molecule has 3 atom stereocenters. The van der Waals surface area contributed by atoms with Gasteiger partial charge in [0, 0.05) is 12.7 Å². The molecule has 38 heavy (non-hydrogen) atoms. The van der Waals surface area contributed by atoms with Gasteiger partial charge >= 0.3 is 0 Å². The van der Waals surface area contributed by atoms with Crippen molar-refractivity contribution < 1.29 is 38.3 Å². The van der Waals surface area contributed by atoms with Crippen LogP contribution in [0.4, 0.5) is 0 Å². The van der Waals surface area contributed by atoms with Crippen LogP contribution in [0.2, 0.25) is 0 Å². The minimum absolute atomic E-state index is 0.0984. The van der Waals surface area contributed by atoms with Crippen molar-refractivity contribution in [2.75, 3.05) is 41.8 Å². The van der Waals surface area contributed by atoms with E-state index in [4.69, 9.17) is 38.2 Å². The third kappa shape index (κ3) is 4.48. The summed E-state index contributed by atoms with van der Waals surface area (Å²) < 4.78 is 40.6. The van der Waals surface area contributed by atoms with Gasteiger partial charge in [-0.05, 0) is 41.8 Å². The Morgan fingerprint density at radius 1 is 0.921 bits per heavy atom. The largest absolute Gasteiger partial charge is 0.493 e. The molecule has 0 bridgehead atoms. The third-order valence-electron chi connectivity index (χ3n) is 6.66. The molecule has 0 saturated carbocycles. The van der Waals surface area contributed by atoms with E-state index in [1.54, 1.807) is 41.4 Å². The molecule has 1 N–H and O–H groups in total. The molecule has 0 spiro atoms. The van der Waals surface area contributed by atoms with Crippen LogP contribution in [0.5, 0.6) is 28.7 Å². The van der Waals surface area contributed by atoms with Crippen molar-refractivity contribution in [1.29, 1.82) is 0 Å². The lowest BCUT2D eigenvalue weighted by atomic mass is 9.91. The minimum Gasteiger partial charge on any atom is -0.493 e. The van der Waals surface area contributed by atoms with E-state index in [2.05, 4.69) is 0 Å². The Kier molecular flexibility index (Phi) is 7.31. The molecule has 0 aliphatic carbocycles. The van der Waals surface area contributed by atoms with Gasteiger partial charge in [-0.1, -0.05) is 30.3 Å². The summed E-state index contributed by atoms with van der Waals surface area (Å²) >= 11 is 0. The van der Waals surface area contributed by atoms with Crippen molar-refractivity contribution in [1.82, 2.24) is 0 Å². The average molecular weight is 522 g/mol. The summed E-state index contributed by atoms with van der Waals surface area (Å²) in [5, 5.41) is 10.8. The highest BCUT2D eigenvalue weighted by Crippen LogP contribution is 2.51. The van der Waals surface area contributed by atoms with Gasteiger partial charge in [0.05, 0.1) is 39.6 Å². The molecule has 9 heteroatoms. The molecule has 2 aliphatic rings. The quantitative estimate of drug-likeness (QED) is 0.433. The second-order valence-electron chi connectivity index (χ2n) is 8.94. The Morgan fingerprint density at radius 2 is 1.63 bits per heavy atom. The van der Waals surface area contributed by atoms with Crippen molar-refractivity contribution in [3.63, 3.8) is 0 Å². The summed E-state index contributed by atoms with van der Waals surface area (Å²) in [6, 6.07) is 15.0. The van der Waals surface area contributed by atoms with Crippen LogP contribution in [-0.2, 0) is 9.47 Å². The highest BCUT2D eigenvalue weighted by molar-refractivity contribution is 6.05. The molecule has 3 aromatic rings. The predicted octanol–water partition coefficient (Wildman–Crippen LogP) is 4.69. The molecule has 0 saturated heterocycles. The zero-order valence-electron chi connectivity index (χ0n) is 22.0. The van der Waals surface area contributed by atoms with Crippen LogP contribution in [0.15, 0.2) is 53.5 Å². The number of aliphatic imine (C=N–C) groups is 1. The highest BCUT2D eigenvalue weighted by atomic mass is 16.7. The summed E-state index contributed by atoms with van der Waals surface area (Å²) in [7, 11) is 6.29. The standard InChI is InChI=1S/C29H31NO8/c1-16(31)18-11-22-23(37-15-36-22)12-19(18)25-20(13-24(33-3)27(34-4)28(25)35-5)29-30-21(14-32-2)26(38-29)17-9-7-6-8-10-17/h6-13,16,21,26,31H,14-15H2,1-5H3/t16-,21?,26-/m0/s1. The SMILES string of the molecule is COCC1N=C(c2cc(OC)c(OC)c(OC)c2-c2cc3c(cc2[C@H](C)O)OCO3)O[C@H]1c1ccccc1. The smallest absolute Gasteiger partial charge is 0.231 e. The number of hydrogen-bond acceptors (Lipinski definition) is 9. The van der Waals surface area contributed by atoms with E-state index in [1.165, 1.54) is 0 Å². The molecule has 0 aromatic heterocycles. The number of hydrogen-bond donors (Lipinski definition) is 1. The van der Waals surface area contributed by atoms with Crippen LogP contribution in [0.3, 0.4) is 0 Å². The van der Waals surface area contributed by atoms with Crippen LogP contribution >= 0.6 is 0 Å². The van der Waals surface area contributed by atoms with E-state index >= 15 is 0 Å². The maximum absolute atomic E-state index is 10.8. The fourth-order valence-electron chi connectivity index (χ4n) is 4.92. The lowest BCUT2D eigenvalue weighted by Crippen LogP contribution is -2.19. The van der Waals surface area contributed by atoms with Gasteiger partial charge in [-0.3, -0.25) is 0 Å². The van der Waals surface area contributed by atoms with Gasteiger partial charge in [-0.15, -0.1) is 0 Å². The number of methoxy groups -OCH3 is 4. The predicted molar refractivity (Wildman–Crippen MR) is 141 cm³/mol. The van der Waals surface area contributed by atoms with Crippen molar-refractivity contribution in [2.24, 2.45) is 4.99 Å². The van der Waals surface area contributed by atoms with E-state index in [-0.39, 0.29) is 18.9 Å². The zero-order valence-corrected chi connectivity index (χ0v) is 22.0. The number of fused-ring (bicyclic) bond motifs is 1. The monoisotopic (exact) mass is 521 g/mol. The molecule has 3 aromatic carbocycles. The maximum atomic E-state index is 10.8. The Morgan fingerprint density at radius 3 is 2.26 bits per heavy atom. The third-order valence-corrected chi connectivity index (χ3v) is 6.66. The van der Waals surface area contributed by atoms with Crippen LogP contribution in [0.25, 0.3) is 11.1 Å². The topological polar surface area (TPSA) is 97.2 Å². The summed E-state index contributed by atoms with van der Waals surface area (Å²) in [5.41, 5.74) is 3.49. The van der Waals surface area contributed by atoms with Crippen LogP contribution in [-0.4, -0.2) is 58.9 Å². The lowest BCUT2D eigenvalue weighted by Gasteiger charge is -2.23. The van der Waals surface area contributed by atoms with Crippen molar-refractivity contribution in [2.45, 2.75) is 25.2 Å². The minimum atomic E-state index is -0.824. The first-order valence-corrected chi connectivity index (χ1v) is 12.2. The Bertz CT molecular complexity index is 1340. The van der Waals surface area contributed by atoms with Gasteiger partial charge in [0.25, 0.3) is 0 Å². The number of aliphatic hydroxyl groups is 1. The van der Waals surface area contributed by atoms with Gasteiger partial charge in [0.2, 0.25) is 18.4 Å². The number of ether oxygens (including phenoxy) is 7. The van der Waals surface area contributed by atoms with Gasteiger partial charge in [0.15, 0.2) is 29.1 Å². The molecule has 200 valence electrons.